The van der Waals surface area contributed by atoms with Gasteiger partial charge in [0.1, 0.15) is 0 Å². The number of thiocarbonyl (C=S) groups is 1. The monoisotopic (exact) mass is 288 g/mol. The number of hydrogen-bond donors (Lipinski definition) is 2. The number of hydrogen-bond acceptors (Lipinski definition) is 2. The summed E-state index contributed by atoms with van der Waals surface area (Å²) in [6.45, 7) is 5.83. The van der Waals surface area contributed by atoms with Gasteiger partial charge in [0, 0.05) is 12.7 Å². The molecule has 1 heterocycles. The number of aryl methyl sites for hydroxylation is 1. The number of aromatic nitrogens is 2. The normalized spacial score (nSPS) is 10.3. The Morgan fingerprint density at radius 2 is 2.05 bits per heavy atom. The van der Waals surface area contributed by atoms with E-state index >= 15 is 0 Å². The zero-order valence-electron chi connectivity index (χ0n) is 11.9. The van der Waals surface area contributed by atoms with Gasteiger partial charge < -0.3 is 10.6 Å². The van der Waals surface area contributed by atoms with E-state index < -0.39 is 0 Å². The molecule has 106 valence electrons. The highest BCUT2D eigenvalue weighted by atomic mass is 32.1. The van der Waals surface area contributed by atoms with Crippen LogP contribution in [0.1, 0.15) is 24.5 Å². The molecule has 0 unspecified atom stereocenters. The predicted molar refractivity (Wildman–Crippen MR) is 87.0 cm³/mol. The van der Waals surface area contributed by atoms with Crippen LogP contribution >= 0.6 is 12.2 Å². The van der Waals surface area contributed by atoms with E-state index in [1.165, 1.54) is 11.1 Å². The summed E-state index contributed by atoms with van der Waals surface area (Å²) in [7, 11) is 0. The summed E-state index contributed by atoms with van der Waals surface area (Å²) in [6.07, 6.45) is 4.79. The molecule has 0 aliphatic heterocycles. The van der Waals surface area contributed by atoms with Crippen LogP contribution in [0.15, 0.2) is 36.7 Å². The standard InChI is InChI=1S/C15H20N4S/c1-3-8-16-15(20)18-14-9-17-19(11-14)10-13-6-4-12(2)5-7-13/h4-7,9,11H,3,8,10H2,1-2H3,(H2,16,18,20). The first-order chi connectivity index (χ1) is 9.67. The van der Waals surface area contributed by atoms with E-state index in [1.807, 2.05) is 10.9 Å². The third-order valence-corrected chi connectivity index (χ3v) is 3.14. The second kappa shape index (κ2) is 7.05. The molecule has 0 bridgehead atoms. The summed E-state index contributed by atoms with van der Waals surface area (Å²) in [6, 6.07) is 8.47. The van der Waals surface area contributed by atoms with Gasteiger partial charge in [-0.15, -0.1) is 0 Å². The summed E-state index contributed by atoms with van der Waals surface area (Å²) < 4.78 is 1.90. The number of nitrogens with one attached hydrogen (secondary N) is 2. The third-order valence-electron chi connectivity index (χ3n) is 2.89. The molecule has 0 saturated heterocycles. The van der Waals surface area contributed by atoms with E-state index in [0.717, 1.165) is 25.2 Å². The first-order valence-electron chi connectivity index (χ1n) is 6.80. The van der Waals surface area contributed by atoms with Crippen molar-refractivity contribution in [3.8, 4) is 0 Å². The van der Waals surface area contributed by atoms with Crippen LogP contribution in [0.5, 0.6) is 0 Å². The average molecular weight is 288 g/mol. The lowest BCUT2D eigenvalue weighted by Gasteiger charge is -2.07. The fourth-order valence-corrected chi connectivity index (χ4v) is 2.03. The minimum atomic E-state index is 0.640. The minimum absolute atomic E-state index is 0.640. The van der Waals surface area contributed by atoms with Crippen LogP contribution in [0, 0.1) is 6.92 Å². The molecular formula is C15H20N4S. The Morgan fingerprint density at radius 3 is 2.75 bits per heavy atom. The highest BCUT2D eigenvalue weighted by molar-refractivity contribution is 7.80. The molecule has 5 heteroatoms. The van der Waals surface area contributed by atoms with Crippen LogP contribution in [0.3, 0.4) is 0 Å². The largest absolute Gasteiger partial charge is 0.362 e. The van der Waals surface area contributed by atoms with Crippen molar-refractivity contribution in [1.82, 2.24) is 15.1 Å². The number of rotatable bonds is 5. The van der Waals surface area contributed by atoms with Gasteiger partial charge in [-0.1, -0.05) is 36.8 Å². The molecule has 0 aliphatic carbocycles. The summed E-state index contributed by atoms with van der Waals surface area (Å²) in [4.78, 5) is 0. The van der Waals surface area contributed by atoms with Crippen molar-refractivity contribution in [2.45, 2.75) is 26.8 Å². The van der Waals surface area contributed by atoms with E-state index in [9.17, 15) is 0 Å². The molecule has 0 radical (unpaired) electrons. The molecule has 2 rings (SSSR count). The first-order valence-corrected chi connectivity index (χ1v) is 7.21. The lowest BCUT2D eigenvalue weighted by atomic mass is 10.1. The minimum Gasteiger partial charge on any atom is -0.362 e. The first kappa shape index (κ1) is 14.5. The average Bonchev–Trinajstić information content (AvgIpc) is 2.86. The van der Waals surface area contributed by atoms with Gasteiger partial charge in [0.25, 0.3) is 0 Å². The third kappa shape index (κ3) is 4.35. The second-order valence-electron chi connectivity index (χ2n) is 4.79. The van der Waals surface area contributed by atoms with Crippen molar-refractivity contribution in [2.75, 3.05) is 11.9 Å². The molecule has 0 fully saturated rings. The smallest absolute Gasteiger partial charge is 0.170 e. The lowest BCUT2D eigenvalue weighted by molar-refractivity contribution is 0.687. The van der Waals surface area contributed by atoms with Crippen LogP contribution in [-0.2, 0) is 6.54 Å². The molecule has 0 amide bonds. The van der Waals surface area contributed by atoms with Crippen LogP contribution in [0.25, 0.3) is 0 Å². The molecule has 1 aromatic heterocycles. The van der Waals surface area contributed by atoms with E-state index in [4.69, 9.17) is 12.2 Å². The Balaban J connectivity index is 1.91. The molecular weight excluding hydrogens is 268 g/mol. The molecule has 0 aliphatic rings. The quantitative estimate of drug-likeness (QED) is 0.830. The van der Waals surface area contributed by atoms with Gasteiger partial charge in [-0.2, -0.15) is 5.10 Å². The molecule has 0 saturated carbocycles. The Labute approximate surface area is 125 Å². The summed E-state index contributed by atoms with van der Waals surface area (Å²) in [5, 5.41) is 11.2. The van der Waals surface area contributed by atoms with Gasteiger partial charge in [0.05, 0.1) is 18.4 Å². The molecule has 4 nitrogen and oxygen atoms in total. The van der Waals surface area contributed by atoms with E-state index in [-0.39, 0.29) is 0 Å². The van der Waals surface area contributed by atoms with E-state index in [1.54, 1.807) is 6.20 Å². The number of benzene rings is 1. The van der Waals surface area contributed by atoms with Crippen molar-refractivity contribution in [3.05, 3.63) is 47.8 Å². The zero-order valence-corrected chi connectivity index (χ0v) is 12.7. The summed E-state index contributed by atoms with van der Waals surface area (Å²) in [5.74, 6) is 0. The van der Waals surface area contributed by atoms with Gasteiger partial charge in [0.15, 0.2) is 5.11 Å². The van der Waals surface area contributed by atoms with Crippen molar-refractivity contribution >= 4 is 23.0 Å². The number of anilines is 1. The summed E-state index contributed by atoms with van der Waals surface area (Å²) in [5.41, 5.74) is 3.41. The molecule has 20 heavy (non-hydrogen) atoms. The van der Waals surface area contributed by atoms with Crippen LogP contribution in [0.4, 0.5) is 5.69 Å². The highest BCUT2D eigenvalue weighted by Crippen LogP contribution is 2.09. The predicted octanol–water partition coefficient (Wildman–Crippen LogP) is 2.94. The number of nitrogens with zero attached hydrogens (tertiary/aromatic N) is 2. The maximum atomic E-state index is 5.20. The van der Waals surface area contributed by atoms with Gasteiger partial charge in [0.2, 0.25) is 0 Å². The van der Waals surface area contributed by atoms with E-state index in [0.29, 0.717) is 5.11 Å². The summed E-state index contributed by atoms with van der Waals surface area (Å²) >= 11 is 5.20. The van der Waals surface area contributed by atoms with Gasteiger partial charge in [-0.25, -0.2) is 0 Å². The second-order valence-corrected chi connectivity index (χ2v) is 5.20. The van der Waals surface area contributed by atoms with Crippen molar-refractivity contribution < 1.29 is 0 Å². The van der Waals surface area contributed by atoms with Gasteiger partial charge in [-0.3, -0.25) is 4.68 Å². The Morgan fingerprint density at radius 1 is 1.30 bits per heavy atom. The van der Waals surface area contributed by atoms with Crippen molar-refractivity contribution in [1.29, 1.82) is 0 Å². The zero-order chi connectivity index (χ0) is 14.4. The SMILES string of the molecule is CCCNC(=S)Nc1cnn(Cc2ccc(C)cc2)c1. The molecule has 0 atom stereocenters. The van der Waals surface area contributed by atoms with E-state index in [2.05, 4.69) is 53.8 Å². The lowest BCUT2D eigenvalue weighted by Crippen LogP contribution is -2.28. The Hall–Kier alpha value is -1.88. The molecule has 1 aromatic carbocycles. The Bertz CT molecular complexity index is 560. The molecule has 2 aromatic rings. The Kier molecular flexibility index (Phi) is 5.12. The van der Waals surface area contributed by atoms with Crippen LogP contribution in [0.2, 0.25) is 0 Å². The van der Waals surface area contributed by atoms with Crippen molar-refractivity contribution in [3.63, 3.8) is 0 Å². The topological polar surface area (TPSA) is 41.9 Å². The fourth-order valence-electron chi connectivity index (χ4n) is 1.81. The highest BCUT2D eigenvalue weighted by Gasteiger charge is 2.01. The fraction of sp³-hybridized carbons (Fsp3) is 0.333. The molecule has 0 spiro atoms. The molecule has 2 N–H and O–H groups in total. The van der Waals surface area contributed by atoms with Crippen molar-refractivity contribution in [2.24, 2.45) is 0 Å². The van der Waals surface area contributed by atoms with Crippen LogP contribution in [-0.4, -0.2) is 21.4 Å². The maximum absolute atomic E-state index is 5.20. The maximum Gasteiger partial charge on any atom is 0.170 e. The van der Waals surface area contributed by atoms with Gasteiger partial charge >= 0.3 is 0 Å². The van der Waals surface area contributed by atoms with Crippen LogP contribution < -0.4 is 10.6 Å². The van der Waals surface area contributed by atoms with Gasteiger partial charge in [-0.05, 0) is 31.1 Å².